The Bertz CT molecular complexity index is 512. The molecule has 1 saturated heterocycles. The van der Waals surface area contributed by atoms with E-state index in [-0.39, 0.29) is 0 Å². The standard InChI is InChI=1S/C10H15ClN4.C4H4O4/c11-9-3-4-10(14-13-9)15-7-2-1-5-12-6-8-15;5-3(6)1-2-4(7)8/h3-4,12H,1-2,5-8H2;1-2H,(H,5,6)(H,7,8)/b;2-1+. The van der Waals surface area contributed by atoms with Crippen LogP contribution in [0.5, 0.6) is 0 Å². The summed E-state index contributed by atoms with van der Waals surface area (Å²) in [6.45, 7) is 4.17. The van der Waals surface area contributed by atoms with Gasteiger partial charge in [-0.2, -0.15) is 0 Å². The van der Waals surface area contributed by atoms with Gasteiger partial charge in [-0.3, -0.25) is 0 Å². The van der Waals surface area contributed by atoms with Crippen molar-refractivity contribution in [3.8, 4) is 0 Å². The molecule has 1 fully saturated rings. The second-order valence-electron chi connectivity index (χ2n) is 4.67. The SMILES string of the molecule is Clc1ccc(N2CCCCNCC2)nn1.O=C(O)/C=C/C(=O)O. The van der Waals surface area contributed by atoms with Crippen molar-refractivity contribution in [2.24, 2.45) is 0 Å². The molecule has 23 heavy (non-hydrogen) atoms. The summed E-state index contributed by atoms with van der Waals surface area (Å²) in [6.07, 6.45) is 3.53. The third-order valence-corrected chi connectivity index (χ3v) is 3.10. The van der Waals surface area contributed by atoms with E-state index in [0.717, 1.165) is 32.0 Å². The second-order valence-corrected chi connectivity index (χ2v) is 5.06. The van der Waals surface area contributed by atoms with Crippen LogP contribution in [-0.2, 0) is 9.59 Å². The molecule has 0 spiro atoms. The fourth-order valence-corrected chi connectivity index (χ4v) is 1.95. The van der Waals surface area contributed by atoms with Gasteiger partial charge in [0.15, 0.2) is 11.0 Å². The van der Waals surface area contributed by atoms with E-state index in [2.05, 4.69) is 20.4 Å². The Hall–Kier alpha value is -2.19. The Balaban J connectivity index is 0.000000284. The summed E-state index contributed by atoms with van der Waals surface area (Å²) in [4.78, 5) is 21.4. The van der Waals surface area contributed by atoms with E-state index < -0.39 is 11.9 Å². The number of hydrogen-bond donors (Lipinski definition) is 3. The fraction of sp³-hybridized carbons (Fsp3) is 0.429. The molecule has 1 aliphatic rings. The van der Waals surface area contributed by atoms with Crippen LogP contribution >= 0.6 is 11.6 Å². The van der Waals surface area contributed by atoms with Crippen molar-refractivity contribution in [1.29, 1.82) is 0 Å². The normalized spacial score (nSPS) is 15.3. The quantitative estimate of drug-likeness (QED) is 0.697. The summed E-state index contributed by atoms with van der Waals surface area (Å²) in [7, 11) is 0. The lowest BCUT2D eigenvalue weighted by atomic mass is 10.2. The maximum atomic E-state index is 9.55. The molecule has 0 atom stereocenters. The van der Waals surface area contributed by atoms with Crippen molar-refractivity contribution in [1.82, 2.24) is 15.5 Å². The maximum Gasteiger partial charge on any atom is 0.328 e. The Morgan fingerprint density at radius 1 is 1.09 bits per heavy atom. The number of aliphatic carboxylic acids is 2. The van der Waals surface area contributed by atoms with E-state index in [4.69, 9.17) is 21.8 Å². The van der Waals surface area contributed by atoms with E-state index in [0.29, 0.717) is 17.3 Å². The third kappa shape index (κ3) is 8.74. The molecule has 2 heterocycles. The van der Waals surface area contributed by atoms with Crippen molar-refractivity contribution in [2.45, 2.75) is 12.8 Å². The monoisotopic (exact) mass is 342 g/mol. The van der Waals surface area contributed by atoms with Gasteiger partial charge in [-0.25, -0.2) is 9.59 Å². The molecule has 0 unspecified atom stereocenters. The number of carboxylic acids is 2. The highest BCUT2D eigenvalue weighted by Gasteiger charge is 2.09. The summed E-state index contributed by atoms with van der Waals surface area (Å²) in [5.74, 6) is -1.59. The largest absolute Gasteiger partial charge is 0.478 e. The number of nitrogens with one attached hydrogen (secondary N) is 1. The Morgan fingerprint density at radius 3 is 2.35 bits per heavy atom. The van der Waals surface area contributed by atoms with Crippen molar-refractivity contribution >= 4 is 29.4 Å². The van der Waals surface area contributed by atoms with E-state index in [1.54, 1.807) is 6.07 Å². The Morgan fingerprint density at radius 2 is 1.78 bits per heavy atom. The van der Waals surface area contributed by atoms with Gasteiger partial charge in [0.2, 0.25) is 0 Å². The lowest BCUT2D eigenvalue weighted by Crippen LogP contribution is -2.36. The van der Waals surface area contributed by atoms with Crippen LogP contribution < -0.4 is 10.2 Å². The van der Waals surface area contributed by atoms with Crippen LogP contribution in [0, 0.1) is 0 Å². The first-order chi connectivity index (χ1) is 11.0. The minimum atomic E-state index is -1.26. The van der Waals surface area contributed by atoms with E-state index in [1.165, 1.54) is 12.8 Å². The van der Waals surface area contributed by atoms with Gasteiger partial charge in [0, 0.05) is 31.8 Å². The Labute approximate surface area is 138 Å². The molecule has 8 nitrogen and oxygen atoms in total. The van der Waals surface area contributed by atoms with E-state index in [9.17, 15) is 9.59 Å². The number of rotatable bonds is 3. The van der Waals surface area contributed by atoms with Crippen LogP contribution in [0.4, 0.5) is 5.82 Å². The van der Waals surface area contributed by atoms with Crippen molar-refractivity contribution < 1.29 is 19.8 Å². The molecule has 126 valence electrons. The molecular weight excluding hydrogens is 324 g/mol. The predicted octanol–water partition coefficient (Wildman–Crippen LogP) is 1.03. The zero-order chi connectivity index (χ0) is 17.1. The molecule has 2 rings (SSSR count). The molecule has 0 amide bonds. The summed E-state index contributed by atoms with van der Waals surface area (Å²) in [5, 5.41) is 27.4. The van der Waals surface area contributed by atoms with Gasteiger partial charge in [0.25, 0.3) is 0 Å². The summed E-state index contributed by atoms with van der Waals surface area (Å²) < 4.78 is 0. The van der Waals surface area contributed by atoms with Gasteiger partial charge in [-0.05, 0) is 31.5 Å². The lowest BCUT2D eigenvalue weighted by molar-refractivity contribution is -0.134. The average Bonchev–Trinajstić information content (AvgIpc) is 2.47. The van der Waals surface area contributed by atoms with Crippen LogP contribution in [0.15, 0.2) is 24.3 Å². The van der Waals surface area contributed by atoms with Crippen LogP contribution in [-0.4, -0.2) is 58.5 Å². The number of nitrogens with zero attached hydrogens (tertiary/aromatic N) is 3. The molecule has 0 radical (unpaired) electrons. The van der Waals surface area contributed by atoms with Gasteiger partial charge in [0.1, 0.15) is 0 Å². The second kappa shape index (κ2) is 10.5. The molecule has 0 aromatic carbocycles. The minimum absolute atomic E-state index is 0.448. The first-order valence-electron chi connectivity index (χ1n) is 7.08. The average molecular weight is 343 g/mol. The highest BCUT2D eigenvalue weighted by molar-refractivity contribution is 6.29. The number of halogens is 1. The van der Waals surface area contributed by atoms with Crippen molar-refractivity contribution in [2.75, 3.05) is 31.1 Å². The first-order valence-corrected chi connectivity index (χ1v) is 7.45. The van der Waals surface area contributed by atoms with Gasteiger partial charge in [0.05, 0.1) is 0 Å². The number of carboxylic acid groups (broad SMARTS) is 2. The summed E-state index contributed by atoms with van der Waals surface area (Å²) in [6, 6.07) is 3.72. The fourth-order valence-electron chi connectivity index (χ4n) is 1.85. The van der Waals surface area contributed by atoms with E-state index >= 15 is 0 Å². The number of aromatic nitrogens is 2. The zero-order valence-corrected chi connectivity index (χ0v) is 13.2. The number of hydrogen-bond acceptors (Lipinski definition) is 6. The van der Waals surface area contributed by atoms with Gasteiger partial charge in [-0.15, -0.1) is 10.2 Å². The topological polar surface area (TPSA) is 116 Å². The molecule has 0 saturated carbocycles. The highest BCUT2D eigenvalue weighted by Crippen LogP contribution is 2.12. The number of carbonyl (C=O) groups is 2. The lowest BCUT2D eigenvalue weighted by Gasteiger charge is -2.25. The molecule has 1 aromatic heterocycles. The summed E-state index contributed by atoms with van der Waals surface area (Å²) in [5.41, 5.74) is 0. The van der Waals surface area contributed by atoms with E-state index in [1.807, 2.05) is 6.07 Å². The Kier molecular flexibility index (Phi) is 8.63. The molecule has 9 heteroatoms. The van der Waals surface area contributed by atoms with Crippen LogP contribution in [0.1, 0.15) is 12.8 Å². The third-order valence-electron chi connectivity index (χ3n) is 2.90. The van der Waals surface area contributed by atoms with Crippen LogP contribution in [0.2, 0.25) is 5.15 Å². The molecule has 0 aliphatic carbocycles. The zero-order valence-electron chi connectivity index (χ0n) is 12.5. The molecule has 1 aromatic rings. The van der Waals surface area contributed by atoms with Crippen molar-refractivity contribution in [3.63, 3.8) is 0 Å². The number of anilines is 1. The molecular formula is C14H19ClN4O4. The summed E-state index contributed by atoms with van der Waals surface area (Å²) >= 11 is 5.70. The van der Waals surface area contributed by atoms with Crippen LogP contribution in [0.3, 0.4) is 0 Å². The van der Waals surface area contributed by atoms with Crippen LogP contribution in [0.25, 0.3) is 0 Å². The van der Waals surface area contributed by atoms with Gasteiger partial charge >= 0.3 is 11.9 Å². The predicted molar refractivity (Wildman–Crippen MR) is 85.8 cm³/mol. The van der Waals surface area contributed by atoms with Gasteiger partial charge in [-0.1, -0.05) is 11.6 Å². The maximum absolute atomic E-state index is 9.55. The minimum Gasteiger partial charge on any atom is -0.478 e. The highest BCUT2D eigenvalue weighted by atomic mass is 35.5. The molecule has 3 N–H and O–H groups in total. The smallest absolute Gasteiger partial charge is 0.328 e. The van der Waals surface area contributed by atoms with Crippen molar-refractivity contribution in [3.05, 3.63) is 29.4 Å². The van der Waals surface area contributed by atoms with Gasteiger partial charge < -0.3 is 20.4 Å². The first kappa shape index (κ1) is 18.9. The molecule has 1 aliphatic heterocycles. The molecule has 0 bridgehead atoms.